The number of hydrogen-bond acceptors (Lipinski definition) is 3. The Kier molecular flexibility index (Phi) is 4.12. The third kappa shape index (κ3) is 2.60. The lowest BCUT2D eigenvalue weighted by Crippen LogP contribution is -2.13. The minimum atomic E-state index is -0.867. The van der Waals surface area contributed by atoms with Crippen LogP contribution in [0.25, 0.3) is 0 Å². The zero-order chi connectivity index (χ0) is 14.0. The molecule has 1 aromatic heterocycles. The molecule has 1 unspecified atom stereocenters. The molecule has 4 nitrogen and oxygen atoms in total. The summed E-state index contributed by atoms with van der Waals surface area (Å²) >= 11 is 6.15. The molecule has 102 valence electrons. The van der Waals surface area contributed by atoms with Crippen LogP contribution in [-0.2, 0) is 0 Å². The third-order valence-corrected chi connectivity index (χ3v) is 3.26. The number of nitrogens with zero attached hydrogens (tertiary/aromatic N) is 2. The van der Waals surface area contributed by atoms with Crippen molar-refractivity contribution in [1.29, 1.82) is 0 Å². The van der Waals surface area contributed by atoms with E-state index in [0.717, 1.165) is 0 Å². The molecule has 0 aliphatic rings. The second-order valence-corrected chi connectivity index (χ2v) is 4.97. The van der Waals surface area contributed by atoms with Gasteiger partial charge in [0.2, 0.25) is 0 Å². The Balaban J connectivity index is 2.50. The normalized spacial score (nSPS) is 12.7. The predicted octanol–water partition coefficient (Wildman–Crippen LogP) is 3.21. The van der Waals surface area contributed by atoms with Crippen LogP contribution in [0, 0.1) is 0 Å². The molecule has 0 aliphatic carbocycles. The van der Waals surface area contributed by atoms with Gasteiger partial charge in [0.15, 0.2) is 0 Å². The van der Waals surface area contributed by atoms with Crippen LogP contribution in [0.1, 0.15) is 37.3 Å². The molecule has 1 aromatic carbocycles. The lowest BCUT2D eigenvalue weighted by atomic mass is 10.1. The van der Waals surface area contributed by atoms with E-state index in [0.29, 0.717) is 22.0 Å². The van der Waals surface area contributed by atoms with E-state index in [2.05, 4.69) is 5.10 Å². The number of rotatable bonds is 4. The van der Waals surface area contributed by atoms with Gasteiger partial charge in [-0.2, -0.15) is 5.10 Å². The zero-order valence-electron chi connectivity index (χ0n) is 11.2. The summed E-state index contributed by atoms with van der Waals surface area (Å²) in [5, 5.41) is 15.2. The number of hydrogen-bond donors (Lipinski definition) is 1. The molecular formula is C14H17ClN2O2. The molecule has 1 heterocycles. The minimum absolute atomic E-state index is 0.117. The van der Waals surface area contributed by atoms with Crippen molar-refractivity contribution in [3.63, 3.8) is 0 Å². The highest BCUT2D eigenvalue weighted by atomic mass is 35.5. The highest BCUT2D eigenvalue weighted by Crippen LogP contribution is 2.34. The summed E-state index contributed by atoms with van der Waals surface area (Å²) in [6.45, 7) is 3.98. The molecule has 5 heteroatoms. The molecule has 0 saturated heterocycles. The first-order chi connectivity index (χ1) is 9.06. The molecule has 0 spiro atoms. The molecule has 0 saturated carbocycles. The molecule has 2 rings (SSSR count). The average molecular weight is 281 g/mol. The van der Waals surface area contributed by atoms with E-state index < -0.39 is 6.10 Å². The largest absolute Gasteiger partial charge is 0.496 e. The van der Waals surface area contributed by atoms with Crippen molar-refractivity contribution < 1.29 is 9.84 Å². The molecule has 0 bridgehead atoms. The summed E-state index contributed by atoms with van der Waals surface area (Å²) in [6, 6.07) is 7.45. The minimum Gasteiger partial charge on any atom is -0.496 e. The Hall–Kier alpha value is -1.52. The van der Waals surface area contributed by atoms with Crippen molar-refractivity contribution in [1.82, 2.24) is 9.78 Å². The summed E-state index contributed by atoms with van der Waals surface area (Å²) < 4.78 is 6.99. The van der Waals surface area contributed by atoms with Crippen LogP contribution in [0.2, 0.25) is 5.02 Å². The standard InChI is InChI=1S/C14H17ClN2O2/c1-9(2)17-13(11(15)8-16-17)14(18)10-6-4-5-7-12(10)19-3/h4-9,14,18H,1-3H3. The van der Waals surface area contributed by atoms with Crippen LogP contribution in [0.5, 0.6) is 5.75 Å². The number of ether oxygens (including phenoxy) is 1. The van der Waals surface area contributed by atoms with E-state index in [-0.39, 0.29) is 6.04 Å². The van der Waals surface area contributed by atoms with Gasteiger partial charge in [0.05, 0.1) is 24.0 Å². The quantitative estimate of drug-likeness (QED) is 0.935. The van der Waals surface area contributed by atoms with Gasteiger partial charge in [-0.1, -0.05) is 29.8 Å². The van der Waals surface area contributed by atoms with Crippen LogP contribution < -0.4 is 4.74 Å². The second-order valence-electron chi connectivity index (χ2n) is 4.56. The maximum atomic E-state index is 10.6. The fraction of sp³-hybridized carbons (Fsp3) is 0.357. The molecule has 19 heavy (non-hydrogen) atoms. The Morgan fingerprint density at radius 2 is 2.00 bits per heavy atom. The third-order valence-electron chi connectivity index (χ3n) is 2.97. The Labute approximate surface area is 117 Å². The van der Waals surface area contributed by atoms with E-state index in [4.69, 9.17) is 16.3 Å². The first-order valence-electron chi connectivity index (χ1n) is 6.10. The first kappa shape index (κ1) is 13.9. The van der Waals surface area contributed by atoms with E-state index in [1.165, 1.54) is 0 Å². The summed E-state index contributed by atoms with van der Waals surface area (Å²) in [7, 11) is 1.58. The fourth-order valence-electron chi connectivity index (χ4n) is 2.06. The maximum absolute atomic E-state index is 10.6. The van der Waals surface area contributed by atoms with Crippen molar-refractivity contribution >= 4 is 11.6 Å². The highest BCUT2D eigenvalue weighted by Gasteiger charge is 2.23. The molecule has 0 aliphatic heterocycles. The summed E-state index contributed by atoms with van der Waals surface area (Å²) in [4.78, 5) is 0. The fourth-order valence-corrected chi connectivity index (χ4v) is 2.29. The van der Waals surface area contributed by atoms with E-state index in [1.54, 1.807) is 18.0 Å². The summed E-state index contributed by atoms with van der Waals surface area (Å²) in [5.41, 5.74) is 1.26. The van der Waals surface area contributed by atoms with Gasteiger partial charge in [-0.3, -0.25) is 4.68 Å². The van der Waals surface area contributed by atoms with Crippen molar-refractivity contribution in [3.8, 4) is 5.75 Å². The molecule has 0 radical (unpaired) electrons. The molecule has 1 atom stereocenters. The summed E-state index contributed by atoms with van der Waals surface area (Å²) in [6.07, 6.45) is 0.684. The van der Waals surface area contributed by atoms with Gasteiger partial charge in [-0.25, -0.2) is 0 Å². The Morgan fingerprint density at radius 1 is 1.32 bits per heavy atom. The topological polar surface area (TPSA) is 47.3 Å². The van der Waals surface area contributed by atoms with Crippen molar-refractivity contribution in [2.75, 3.05) is 7.11 Å². The smallest absolute Gasteiger partial charge is 0.126 e. The van der Waals surface area contributed by atoms with Crippen molar-refractivity contribution in [2.45, 2.75) is 26.0 Å². The van der Waals surface area contributed by atoms with Gasteiger partial charge in [-0.15, -0.1) is 0 Å². The number of aliphatic hydroxyl groups excluding tert-OH is 1. The van der Waals surface area contributed by atoms with Gasteiger partial charge in [-0.05, 0) is 19.9 Å². The van der Waals surface area contributed by atoms with Crippen molar-refractivity contribution in [3.05, 3.63) is 46.7 Å². The number of benzene rings is 1. The van der Waals surface area contributed by atoms with E-state index >= 15 is 0 Å². The zero-order valence-corrected chi connectivity index (χ0v) is 11.9. The molecule has 0 fully saturated rings. The number of aromatic nitrogens is 2. The SMILES string of the molecule is COc1ccccc1C(O)c1c(Cl)cnn1C(C)C. The predicted molar refractivity (Wildman–Crippen MR) is 74.7 cm³/mol. The van der Waals surface area contributed by atoms with Gasteiger partial charge >= 0.3 is 0 Å². The van der Waals surface area contributed by atoms with Crippen LogP contribution >= 0.6 is 11.6 Å². The van der Waals surface area contributed by atoms with Crippen molar-refractivity contribution in [2.24, 2.45) is 0 Å². The van der Waals surface area contributed by atoms with Crippen LogP contribution in [0.3, 0.4) is 0 Å². The van der Waals surface area contributed by atoms with Crippen LogP contribution in [-0.4, -0.2) is 22.0 Å². The number of halogens is 1. The monoisotopic (exact) mass is 280 g/mol. The average Bonchev–Trinajstić information content (AvgIpc) is 2.80. The van der Waals surface area contributed by atoms with Gasteiger partial charge in [0.25, 0.3) is 0 Å². The number of para-hydroxylation sites is 1. The van der Waals surface area contributed by atoms with Crippen LogP contribution in [0.4, 0.5) is 0 Å². The Morgan fingerprint density at radius 3 is 2.63 bits per heavy atom. The first-order valence-corrected chi connectivity index (χ1v) is 6.48. The van der Waals surface area contributed by atoms with Gasteiger partial charge in [0, 0.05) is 11.6 Å². The van der Waals surface area contributed by atoms with Gasteiger partial charge in [0.1, 0.15) is 11.9 Å². The lowest BCUT2D eigenvalue weighted by molar-refractivity contribution is 0.200. The number of methoxy groups -OCH3 is 1. The molecule has 2 aromatic rings. The van der Waals surface area contributed by atoms with Crippen LogP contribution in [0.15, 0.2) is 30.5 Å². The van der Waals surface area contributed by atoms with E-state index in [9.17, 15) is 5.11 Å². The molecule has 0 amide bonds. The Bertz CT molecular complexity index is 566. The summed E-state index contributed by atoms with van der Waals surface area (Å²) in [5.74, 6) is 0.627. The van der Waals surface area contributed by atoms with E-state index in [1.807, 2.05) is 38.1 Å². The van der Waals surface area contributed by atoms with Gasteiger partial charge < -0.3 is 9.84 Å². The molecule has 1 N–H and O–H groups in total. The lowest BCUT2D eigenvalue weighted by Gasteiger charge is -2.18. The second kappa shape index (κ2) is 5.63. The molecular weight excluding hydrogens is 264 g/mol. The number of aliphatic hydroxyl groups is 1. The maximum Gasteiger partial charge on any atom is 0.126 e. The highest BCUT2D eigenvalue weighted by molar-refractivity contribution is 6.31.